The maximum Gasteiger partial charge on any atom is 0.323 e. The maximum absolute atomic E-state index is 5.50. The minimum atomic E-state index is 0.382. The summed E-state index contributed by atoms with van der Waals surface area (Å²) in [7, 11) is 0. The van der Waals surface area contributed by atoms with Gasteiger partial charge >= 0.3 is 6.01 Å². The summed E-state index contributed by atoms with van der Waals surface area (Å²) in [6, 6.07) is 0.382. The predicted octanol–water partition coefficient (Wildman–Crippen LogP) is 3.04. The summed E-state index contributed by atoms with van der Waals surface area (Å²) in [5.41, 5.74) is 0. The number of aromatic nitrogens is 3. The van der Waals surface area contributed by atoms with Gasteiger partial charge in [-0.2, -0.15) is 26.7 Å². The van der Waals surface area contributed by atoms with Crippen molar-refractivity contribution < 1.29 is 4.74 Å². The standard InChI is InChI=1S/C14H27N5OS/c1-4-10-20-14-18-12(15-5-2)17-13(19-14)16-9-7-6-8-11-21-3/h4-11H2,1-3H3,(H2,15,16,17,18,19). The molecule has 0 spiro atoms. The third kappa shape index (κ3) is 7.94. The van der Waals surface area contributed by atoms with Crippen LogP contribution in [-0.2, 0) is 0 Å². The van der Waals surface area contributed by atoms with Crippen LogP contribution in [0.4, 0.5) is 11.9 Å². The van der Waals surface area contributed by atoms with Crippen LogP contribution in [0.15, 0.2) is 0 Å². The van der Waals surface area contributed by atoms with Gasteiger partial charge in [0, 0.05) is 13.1 Å². The van der Waals surface area contributed by atoms with Gasteiger partial charge in [0.05, 0.1) is 6.61 Å². The minimum absolute atomic E-state index is 0.382. The number of thioether (sulfide) groups is 1. The fourth-order valence-corrected chi connectivity index (χ4v) is 2.17. The molecule has 7 heteroatoms. The van der Waals surface area contributed by atoms with E-state index in [2.05, 4.69) is 38.8 Å². The SMILES string of the molecule is CCCOc1nc(NCC)nc(NCCCCCSC)n1. The van der Waals surface area contributed by atoms with Gasteiger partial charge in [-0.15, -0.1) is 0 Å². The van der Waals surface area contributed by atoms with E-state index in [-0.39, 0.29) is 0 Å². The van der Waals surface area contributed by atoms with Crippen molar-refractivity contribution in [2.45, 2.75) is 39.5 Å². The minimum Gasteiger partial charge on any atom is -0.463 e. The molecule has 0 bridgehead atoms. The summed E-state index contributed by atoms with van der Waals surface area (Å²) >= 11 is 1.89. The molecule has 1 aromatic heterocycles. The molecule has 0 saturated carbocycles. The van der Waals surface area contributed by atoms with Gasteiger partial charge in [0.25, 0.3) is 0 Å². The van der Waals surface area contributed by atoms with Gasteiger partial charge in [0.15, 0.2) is 0 Å². The van der Waals surface area contributed by atoms with Crippen LogP contribution in [0.2, 0.25) is 0 Å². The van der Waals surface area contributed by atoms with Gasteiger partial charge in [-0.1, -0.05) is 13.3 Å². The van der Waals surface area contributed by atoms with Crippen molar-refractivity contribution >= 4 is 23.7 Å². The summed E-state index contributed by atoms with van der Waals surface area (Å²) in [6.07, 6.45) is 6.67. The summed E-state index contributed by atoms with van der Waals surface area (Å²) in [5, 5.41) is 6.35. The van der Waals surface area contributed by atoms with Crippen molar-refractivity contribution in [3.05, 3.63) is 0 Å². The van der Waals surface area contributed by atoms with Crippen LogP contribution in [0.25, 0.3) is 0 Å². The Morgan fingerprint density at radius 1 is 1.00 bits per heavy atom. The normalized spacial score (nSPS) is 10.4. The van der Waals surface area contributed by atoms with Gasteiger partial charge in [0.1, 0.15) is 0 Å². The smallest absolute Gasteiger partial charge is 0.323 e. The summed E-state index contributed by atoms with van der Waals surface area (Å²) in [5.74, 6) is 2.37. The molecule has 2 N–H and O–H groups in total. The Bertz CT molecular complexity index is 392. The zero-order valence-corrected chi connectivity index (χ0v) is 14.1. The van der Waals surface area contributed by atoms with Crippen molar-refractivity contribution in [2.75, 3.05) is 42.3 Å². The first-order chi connectivity index (χ1) is 10.3. The van der Waals surface area contributed by atoms with Gasteiger partial charge in [-0.25, -0.2) is 0 Å². The average Bonchev–Trinajstić information content (AvgIpc) is 2.49. The van der Waals surface area contributed by atoms with Crippen molar-refractivity contribution in [3.8, 4) is 6.01 Å². The lowest BCUT2D eigenvalue weighted by Crippen LogP contribution is -2.12. The number of unbranched alkanes of at least 4 members (excludes halogenated alkanes) is 2. The quantitative estimate of drug-likeness (QED) is 0.575. The molecule has 0 aromatic carbocycles. The van der Waals surface area contributed by atoms with Crippen LogP contribution >= 0.6 is 11.8 Å². The number of hydrogen-bond acceptors (Lipinski definition) is 7. The van der Waals surface area contributed by atoms with Crippen LogP contribution in [-0.4, -0.2) is 46.7 Å². The lowest BCUT2D eigenvalue weighted by atomic mass is 10.2. The summed E-state index contributed by atoms with van der Waals surface area (Å²) < 4.78 is 5.50. The van der Waals surface area contributed by atoms with Crippen LogP contribution in [0, 0.1) is 0 Å². The number of hydrogen-bond donors (Lipinski definition) is 2. The highest BCUT2D eigenvalue weighted by atomic mass is 32.2. The van der Waals surface area contributed by atoms with Gasteiger partial charge < -0.3 is 15.4 Å². The second-order valence-electron chi connectivity index (χ2n) is 4.62. The molecule has 0 aliphatic rings. The molecule has 0 amide bonds. The van der Waals surface area contributed by atoms with Crippen LogP contribution in [0.1, 0.15) is 39.5 Å². The monoisotopic (exact) mass is 313 g/mol. The lowest BCUT2D eigenvalue weighted by Gasteiger charge is -2.09. The number of ether oxygens (including phenoxy) is 1. The van der Waals surface area contributed by atoms with Gasteiger partial charge in [-0.05, 0) is 38.2 Å². The van der Waals surface area contributed by atoms with Gasteiger partial charge in [-0.3, -0.25) is 0 Å². The molecule has 0 unspecified atom stereocenters. The predicted molar refractivity (Wildman–Crippen MR) is 90.5 cm³/mol. The van der Waals surface area contributed by atoms with E-state index in [0.29, 0.717) is 24.5 Å². The highest BCUT2D eigenvalue weighted by molar-refractivity contribution is 7.98. The molecule has 0 fully saturated rings. The van der Waals surface area contributed by atoms with Crippen molar-refractivity contribution in [1.29, 1.82) is 0 Å². The number of rotatable bonds is 12. The Balaban J connectivity index is 2.48. The van der Waals surface area contributed by atoms with Crippen molar-refractivity contribution in [2.24, 2.45) is 0 Å². The molecule has 120 valence electrons. The Kier molecular flexibility index (Phi) is 9.69. The highest BCUT2D eigenvalue weighted by Crippen LogP contribution is 2.12. The van der Waals surface area contributed by atoms with E-state index in [9.17, 15) is 0 Å². The lowest BCUT2D eigenvalue weighted by molar-refractivity contribution is 0.292. The molecule has 0 aliphatic heterocycles. The zero-order valence-electron chi connectivity index (χ0n) is 13.3. The Morgan fingerprint density at radius 2 is 1.76 bits per heavy atom. The number of nitrogens with zero attached hydrogens (tertiary/aromatic N) is 3. The van der Waals surface area contributed by atoms with Gasteiger partial charge in [0.2, 0.25) is 11.9 Å². The largest absolute Gasteiger partial charge is 0.463 e. The zero-order chi connectivity index (χ0) is 15.3. The molecule has 0 atom stereocenters. The fraction of sp³-hybridized carbons (Fsp3) is 0.786. The van der Waals surface area contributed by atoms with Crippen molar-refractivity contribution in [1.82, 2.24) is 15.0 Å². The fourth-order valence-electron chi connectivity index (χ4n) is 1.68. The van der Waals surface area contributed by atoms with Crippen molar-refractivity contribution in [3.63, 3.8) is 0 Å². The van der Waals surface area contributed by atoms with E-state index in [1.807, 2.05) is 18.7 Å². The van der Waals surface area contributed by atoms with E-state index in [1.165, 1.54) is 18.6 Å². The first kappa shape index (κ1) is 17.8. The van der Waals surface area contributed by atoms with E-state index >= 15 is 0 Å². The number of nitrogens with one attached hydrogen (secondary N) is 2. The molecule has 6 nitrogen and oxygen atoms in total. The molecular formula is C14H27N5OS. The first-order valence-corrected chi connectivity index (χ1v) is 9.05. The molecular weight excluding hydrogens is 286 g/mol. The second-order valence-corrected chi connectivity index (χ2v) is 5.61. The van der Waals surface area contributed by atoms with E-state index in [4.69, 9.17) is 4.74 Å². The molecule has 1 rings (SSSR count). The van der Waals surface area contributed by atoms with Crippen LogP contribution in [0.3, 0.4) is 0 Å². The van der Waals surface area contributed by atoms with E-state index < -0.39 is 0 Å². The molecule has 0 saturated heterocycles. The Morgan fingerprint density at radius 3 is 2.43 bits per heavy atom. The molecule has 1 aromatic rings. The molecule has 1 heterocycles. The number of anilines is 2. The summed E-state index contributed by atoms with van der Waals surface area (Å²) in [6.45, 7) is 6.32. The van der Waals surface area contributed by atoms with E-state index in [1.54, 1.807) is 0 Å². The average molecular weight is 313 g/mol. The highest BCUT2D eigenvalue weighted by Gasteiger charge is 2.06. The molecule has 0 aliphatic carbocycles. The summed E-state index contributed by atoms with van der Waals surface area (Å²) in [4.78, 5) is 12.9. The van der Waals surface area contributed by atoms with E-state index in [0.717, 1.165) is 25.9 Å². The molecule has 21 heavy (non-hydrogen) atoms. The molecule has 0 radical (unpaired) electrons. The maximum atomic E-state index is 5.50. The Hall–Kier alpha value is -1.24. The first-order valence-electron chi connectivity index (χ1n) is 7.65. The van der Waals surface area contributed by atoms with Crippen LogP contribution < -0.4 is 15.4 Å². The Labute approximate surface area is 131 Å². The topological polar surface area (TPSA) is 72.0 Å². The van der Waals surface area contributed by atoms with Crippen LogP contribution in [0.5, 0.6) is 6.01 Å². The third-order valence-corrected chi connectivity index (χ3v) is 3.39. The second kappa shape index (κ2) is 11.4. The third-order valence-electron chi connectivity index (χ3n) is 2.69.